The molecule has 0 radical (unpaired) electrons. The largest absolute Gasteiger partial charge is 0.384 e. The summed E-state index contributed by atoms with van der Waals surface area (Å²) in [4.78, 5) is 12.5. The molecule has 1 amide bonds. The zero-order valence-corrected chi connectivity index (χ0v) is 12.1. The monoisotopic (exact) mass is 300 g/mol. The molecular formula is C14H18ClFN2O2. The Morgan fingerprint density at radius 3 is 2.80 bits per heavy atom. The second kappa shape index (κ2) is 6.52. The fourth-order valence-electron chi connectivity index (χ4n) is 2.48. The van der Waals surface area contributed by atoms with Crippen LogP contribution in [-0.2, 0) is 9.53 Å². The molecule has 20 heavy (non-hydrogen) atoms. The summed E-state index contributed by atoms with van der Waals surface area (Å²) in [5.74, 6) is -0.778. The van der Waals surface area contributed by atoms with Gasteiger partial charge in [0.1, 0.15) is 5.82 Å². The predicted molar refractivity (Wildman–Crippen MR) is 76.5 cm³/mol. The number of nitrogens with one attached hydrogen (secondary N) is 2. The Bertz CT molecular complexity index is 464. The molecule has 4 nitrogen and oxygen atoms in total. The second-order valence-corrected chi connectivity index (χ2v) is 5.42. The summed E-state index contributed by atoms with van der Waals surface area (Å²) >= 11 is 5.94. The van der Waals surface area contributed by atoms with Crippen molar-refractivity contribution in [1.29, 1.82) is 0 Å². The number of anilines is 1. The van der Waals surface area contributed by atoms with E-state index in [4.69, 9.17) is 16.3 Å². The maximum atomic E-state index is 13.7. The maximum absolute atomic E-state index is 13.7. The lowest BCUT2D eigenvalue weighted by atomic mass is 9.78. The van der Waals surface area contributed by atoms with Crippen molar-refractivity contribution in [3.05, 3.63) is 29.0 Å². The first kappa shape index (κ1) is 15.2. The molecule has 1 aromatic carbocycles. The Balaban J connectivity index is 2.20. The van der Waals surface area contributed by atoms with Gasteiger partial charge in [-0.1, -0.05) is 17.7 Å². The first-order valence-electron chi connectivity index (χ1n) is 6.54. The topological polar surface area (TPSA) is 50.4 Å². The number of methoxy groups -OCH3 is 1. The number of carbonyl (C=O) groups excluding carboxylic acids is 1. The number of ether oxygens (including phenoxy) is 1. The van der Waals surface area contributed by atoms with E-state index in [1.807, 2.05) is 0 Å². The van der Waals surface area contributed by atoms with Gasteiger partial charge in [0.25, 0.3) is 0 Å². The predicted octanol–water partition coefficient (Wildman–Crippen LogP) is 2.43. The number of rotatable bonds is 4. The molecule has 1 aliphatic rings. The highest BCUT2D eigenvalue weighted by Crippen LogP contribution is 2.33. The van der Waals surface area contributed by atoms with Gasteiger partial charge in [-0.25, -0.2) is 4.39 Å². The van der Waals surface area contributed by atoms with Crippen molar-refractivity contribution in [2.45, 2.75) is 12.8 Å². The summed E-state index contributed by atoms with van der Waals surface area (Å²) in [5, 5.41) is 6.02. The van der Waals surface area contributed by atoms with Gasteiger partial charge in [0.2, 0.25) is 5.91 Å². The van der Waals surface area contributed by atoms with E-state index < -0.39 is 11.2 Å². The Labute approximate surface area is 122 Å². The first-order valence-corrected chi connectivity index (χ1v) is 6.92. The average molecular weight is 301 g/mol. The van der Waals surface area contributed by atoms with Gasteiger partial charge in [0.15, 0.2) is 0 Å². The number of halogens is 2. The van der Waals surface area contributed by atoms with Gasteiger partial charge >= 0.3 is 0 Å². The molecule has 0 saturated carbocycles. The minimum atomic E-state index is -0.633. The number of hydrogen-bond acceptors (Lipinski definition) is 3. The van der Waals surface area contributed by atoms with Gasteiger partial charge in [0, 0.05) is 7.11 Å². The number of para-hydroxylation sites is 1. The lowest BCUT2D eigenvalue weighted by Crippen LogP contribution is -2.47. The smallest absolute Gasteiger partial charge is 0.233 e. The van der Waals surface area contributed by atoms with Crippen molar-refractivity contribution in [2.24, 2.45) is 5.41 Å². The van der Waals surface area contributed by atoms with E-state index >= 15 is 0 Å². The molecule has 2 N–H and O–H groups in total. The SMILES string of the molecule is COCC1(C(=O)Nc2c(F)cccc2Cl)CCNCC1. The van der Waals surface area contributed by atoms with E-state index in [0.717, 1.165) is 13.1 Å². The number of benzene rings is 1. The van der Waals surface area contributed by atoms with Crippen molar-refractivity contribution >= 4 is 23.2 Å². The summed E-state index contributed by atoms with van der Waals surface area (Å²) in [6.07, 6.45) is 1.30. The molecule has 0 atom stereocenters. The number of hydrogen-bond donors (Lipinski definition) is 2. The summed E-state index contributed by atoms with van der Waals surface area (Å²) in [6, 6.07) is 4.32. The van der Waals surface area contributed by atoms with Gasteiger partial charge in [-0.3, -0.25) is 4.79 Å². The van der Waals surface area contributed by atoms with Crippen LogP contribution in [0.4, 0.5) is 10.1 Å². The van der Waals surface area contributed by atoms with E-state index in [0.29, 0.717) is 19.4 Å². The fourth-order valence-corrected chi connectivity index (χ4v) is 2.69. The molecule has 1 heterocycles. The van der Waals surface area contributed by atoms with E-state index in [2.05, 4.69) is 10.6 Å². The normalized spacial score (nSPS) is 17.8. The first-order chi connectivity index (χ1) is 9.59. The van der Waals surface area contributed by atoms with Crippen LogP contribution >= 0.6 is 11.6 Å². The molecule has 0 bridgehead atoms. The molecule has 0 unspecified atom stereocenters. The van der Waals surface area contributed by atoms with E-state index in [-0.39, 0.29) is 16.6 Å². The Kier molecular flexibility index (Phi) is 4.96. The third-order valence-electron chi connectivity index (χ3n) is 3.66. The van der Waals surface area contributed by atoms with Gasteiger partial charge in [-0.05, 0) is 38.1 Å². The molecule has 1 aliphatic heterocycles. The van der Waals surface area contributed by atoms with Crippen LogP contribution in [-0.4, -0.2) is 32.7 Å². The number of carbonyl (C=O) groups is 1. The summed E-state index contributed by atoms with van der Waals surface area (Å²) in [6.45, 7) is 1.79. The summed E-state index contributed by atoms with van der Waals surface area (Å²) in [7, 11) is 1.56. The van der Waals surface area contributed by atoms with Gasteiger partial charge in [0.05, 0.1) is 22.7 Å². The minimum Gasteiger partial charge on any atom is -0.384 e. The Morgan fingerprint density at radius 2 is 2.20 bits per heavy atom. The molecule has 1 saturated heterocycles. The zero-order chi connectivity index (χ0) is 14.6. The van der Waals surface area contributed by atoms with Crippen LogP contribution in [0.1, 0.15) is 12.8 Å². The van der Waals surface area contributed by atoms with Crippen LogP contribution in [0.5, 0.6) is 0 Å². The van der Waals surface area contributed by atoms with Crippen LogP contribution in [0.3, 0.4) is 0 Å². The summed E-state index contributed by atoms with van der Waals surface area (Å²) in [5.41, 5.74) is -0.598. The van der Waals surface area contributed by atoms with Crippen molar-refractivity contribution in [2.75, 3.05) is 32.1 Å². The standard InChI is InChI=1S/C14H18ClFN2O2/c1-20-9-14(5-7-17-8-6-14)13(19)18-12-10(15)3-2-4-11(12)16/h2-4,17H,5-9H2,1H3,(H,18,19). The lowest BCUT2D eigenvalue weighted by molar-refractivity contribution is -0.130. The summed E-state index contributed by atoms with van der Waals surface area (Å²) < 4.78 is 18.9. The van der Waals surface area contributed by atoms with Crippen LogP contribution in [0.2, 0.25) is 5.02 Å². The third-order valence-corrected chi connectivity index (χ3v) is 3.98. The molecule has 1 fully saturated rings. The highest BCUT2D eigenvalue weighted by Gasteiger charge is 2.40. The van der Waals surface area contributed by atoms with Crippen LogP contribution in [0.15, 0.2) is 18.2 Å². The van der Waals surface area contributed by atoms with E-state index in [9.17, 15) is 9.18 Å². The number of amides is 1. The lowest BCUT2D eigenvalue weighted by Gasteiger charge is -2.35. The van der Waals surface area contributed by atoms with E-state index in [1.54, 1.807) is 13.2 Å². The molecule has 0 aromatic heterocycles. The molecule has 0 aliphatic carbocycles. The second-order valence-electron chi connectivity index (χ2n) is 5.01. The Morgan fingerprint density at radius 1 is 1.50 bits per heavy atom. The van der Waals surface area contributed by atoms with Crippen molar-refractivity contribution < 1.29 is 13.9 Å². The number of piperidine rings is 1. The van der Waals surface area contributed by atoms with Crippen LogP contribution in [0, 0.1) is 11.2 Å². The highest BCUT2D eigenvalue weighted by atomic mass is 35.5. The molecule has 110 valence electrons. The molecule has 6 heteroatoms. The van der Waals surface area contributed by atoms with Gasteiger partial charge in [-0.2, -0.15) is 0 Å². The molecule has 2 rings (SSSR count). The molecule has 0 spiro atoms. The van der Waals surface area contributed by atoms with E-state index in [1.165, 1.54) is 12.1 Å². The van der Waals surface area contributed by atoms with Gasteiger partial charge < -0.3 is 15.4 Å². The third kappa shape index (κ3) is 3.11. The van der Waals surface area contributed by atoms with Crippen molar-refractivity contribution in [1.82, 2.24) is 5.32 Å². The van der Waals surface area contributed by atoms with Crippen molar-refractivity contribution in [3.63, 3.8) is 0 Å². The Hall–Kier alpha value is -1.17. The van der Waals surface area contributed by atoms with Crippen LogP contribution in [0.25, 0.3) is 0 Å². The average Bonchev–Trinajstić information content (AvgIpc) is 2.44. The molecule has 1 aromatic rings. The maximum Gasteiger partial charge on any atom is 0.233 e. The quantitative estimate of drug-likeness (QED) is 0.898. The van der Waals surface area contributed by atoms with Crippen molar-refractivity contribution in [3.8, 4) is 0 Å². The van der Waals surface area contributed by atoms with Crippen LogP contribution < -0.4 is 10.6 Å². The molecular weight excluding hydrogens is 283 g/mol. The highest BCUT2D eigenvalue weighted by molar-refractivity contribution is 6.33. The minimum absolute atomic E-state index is 0.0353. The zero-order valence-electron chi connectivity index (χ0n) is 11.3. The van der Waals surface area contributed by atoms with Gasteiger partial charge in [-0.15, -0.1) is 0 Å². The fraction of sp³-hybridized carbons (Fsp3) is 0.500.